The first-order valence-electron chi connectivity index (χ1n) is 9.34. The molecule has 0 saturated carbocycles. The number of ketones is 1. The number of hydrogen-bond donors (Lipinski definition) is 0. The zero-order valence-corrected chi connectivity index (χ0v) is 16.2. The van der Waals surface area contributed by atoms with Crippen molar-refractivity contribution in [3.63, 3.8) is 0 Å². The van der Waals surface area contributed by atoms with E-state index in [4.69, 9.17) is 4.99 Å². The van der Waals surface area contributed by atoms with Crippen LogP contribution in [0.3, 0.4) is 0 Å². The lowest BCUT2D eigenvalue weighted by atomic mass is 10.1. The number of aliphatic imine (C=N–C) groups is 1. The Morgan fingerprint density at radius 2 is 1.62 bits per heavy atom. The van der Waals surface area contributed by atoms with Gasteiger partial charge in [-0.2, -0.15) is 0 Å². The number of para-hydroxylation sites is 1. The smallest absolute Gasteiger partial charge is 0.173 e. The van der Waals surface area contributed by atoms with E-state index in [1.54, 1.807) is 11.8 Å². The van der Waals surface area contributed by atoms with Gasteiger partial charge in [0.1, 0.15) is 0 Å². The molecular formula is C22H26N2OS. The minimum absolute atomic E-state index is 0.158. The summed E-state index contributed by atoms with van der Waals surface area (Å²) in [5, 5.41) is 0.971. The quantitative estimate of drug-likeness (QED) is 0.408. The molecule has 2 aromatic carbocycles. The van der Waals surface area contributed by atoms with Gasteiger partial charge in [-0.25, -0.2) is 4.99 Å². The molecule has 0 spiro atoms. The van der Waals surface area contributed by atoms with Gasteiger partial charge in [0.2, 0.25) is 0 Å². The van der Waals surface area contributed by atoms with Gasteiger partial charge in [-0.1, -0.05) is 72.6 Å². The average molecular weight is 367 g/mol. The fourth-order valence-corrected chi connectivity index (χ4v) is 3.98. The van der Waals surface area contributed by atoms with Crippen molar-refractivity contribution in [1.29, 1.82) is 0 Å². The third-order valence-corrected chi connectivity index (χ3v) is 5.58. The molecule has 1 aliphatic rings. The fraction of sp³-hybridized carbons (Fsp3) is 0.364. The maximum absolute atomic E-state index is 12.6. The van der Waals surface area contributed by atoms with Gasteiger partial charge in [0.25, 0.3) is 0 Å². The van der Waals surface area contributed by atoms with Crippen molar-refractivity contribution < 1.29 is 4.79 Å². The van der Waals surface area contributed by atoms with Crippen LogP contribution in [-0.2, 0) is 0 Å². The van der Waals surface area contributed by atoms with Gasteiger partial charge in [-0.15, -0.1) is 0 Å². The Balaban J connectivity index is 1.73. The summed E-state index contributed by atoms with van der Waals surface area (Å²) in [6, 6.07) is 17.8. The van der Waals surface area contributed by atoms with Crippen LogP contribution in [0.5, 0.6) is 0 Å². The molecule has 3 nitrogen and oxygen atoms in total. The van der Waals surface area contributed by atoms with E-state index in [1.165, 1.54) is 31.2 Å². The van der Waals surface area contributed by atoms with Crippen LogP contribution in [0.1, 0.15) is 41.6 Å². The standard InChI is InChI=1S/C22H26N2OS/c1-18-11-13-19(14-12-18)21(25)17-26-22(23-20-9-5-4-6-10-20)24-15-7-2-3-8-16-24/h4-6,9-14H,2-3,7-8,15-17H2,1H3. The highest BCUT2D eigenvalue weighted by molar-refractivity contribution is 8.14. The lowest BCUT2D eigenvalue weighted by Gasteiger charge is -2.23. The van der Waals surface area contributed by atoms with E-state index >= 15 is 0 Å². The van der Waals surface area contributed by atoms with Gasteiger partial charge in [-0.05, 0) is 31.9 Å². The number of rotatable bonds is 4. The predicted molar refractivity (Wildman–Crippen MR) is 112 cm³/mol. The minimum Gasteiger partial charge on any atom is -0.351 e. The van der Waals surface area contributed by atoms with E-state index in [0.717, 1.165) is 29.5 Å². The first-order chi connectivity index (χ1) is 12.7. The third kappa shape index (κ3) is 5.46. The molecular weight excluding hydrogens is 340 g/mol. The second-order valence-corrected chi connectivity index (χ2v) is 7.65. The summed E-state index contributed by atoms with van der Waals surface area (Å²) in [4.78, 5) is 19.8. The molecule has 136 valence electrons. The highest BCUT2D eigenvalue weighted by Gasteiger charge is 2.17. The molecule has 1 heterocycles. The summed E-state index contributed by atoms with van der Waals surface area (Å²) >= 11 is 1.57. The number of carbonyl (C=O) groups is 1. The number of carbonyl (C=O) groups excluding carboxylic acids is 1. The molecule has 0 aliphatic carbocycles. The van der Waals surface area contributed by atoms with Crippen LogP contribution in [0, 0.1) is 6.92 Å². The van der Waals surface area contributed by atoms with Gasteiger partial charge in [-0.3, -0.25) is 4.79 Å². The minimum atomic E-state index is 0.158. The number of aryl methyl sites for hydroxylation is 1. The number of thioether (sulfide) groups is 1. The maximum atomic E-state index is 12.6. The highest BCUT2D eigenvalue weighted by atomic mass is 32.2. The van der Waals surface area contributed by atoms with Gasteiger partial charge in [0.15, 0.2) is 11.0 Å². The summed E-state index contributed by atoms with van der Waals surface area (Å²) < 4.78 is 0. The molecule has 1 fully saturated rings. The Hall–Kier alpha value is -2.07. The molecule has 0 unspecified atom stereocenters. The lowest BCUT2D eigenvalue weighted by molar-refractivity contribution is 0.102. The van der Waals surface area contributed by atoms with Crippen LogP contribution < -0.4 is 0 Å². The molecule has 1 aliphatic heterocycles. The summed E-state index contributed by atoms with van der Waals surface area (Å²) in [6.07, 6.45) is 4.95. The van der Waals surface area contributed by atoms with Gasteiger partial charge in [0.05, 0.1) is 11.4 Å². The van der Waals surface area contributed by atoms with E-state index in [1.807, 2.05) is 61.5 Å². The number of Topliss-reactive ketones (excluding diaryl/α,β-unsaturated/α-hetero) is 1. The number of benzene rings is 2. The summed E-state index contributed by atoms with van der Waals surface area (Å²) in [5.41, 5.74) is 2.89. The van der Waals surface area contributed by atoms with E-state index in [2.05, 4.69) is 4.90 Å². The first-order valence-corrected chi connectivity index (χ1v) is 10.3. The van der Waals surface area contributed by atoms with Crippen molar-refractivity contribution in [2.45, 2.75) is 32.6 Å². The van der Waals surface area contributed by atoms with Gasteiger partial charge >= 0.3 is 0 Å². The van der Waals surface area contributed by atoms with E-state index in [9.17, 15) is 4.79 Å². The highest BCUT2D eigenvalue weighted by Crippen LogP contribution is 2.21. The van der Waals surface area contributed by atoms with Gasteiger partial charge in [0, 0.05) is 18.7 Å². The predicted octanol–water partition coefficient (Wildman–Crippen LogP) is 5.47. The fourth-order valence-electron chi connectivity index (χ4n) is 3.02. The molecule has 1 saturated heterocycles. The average Bonchev–Trinajstić information content (AvgIpc) is 2.96. The Morgan fingerprint density at radius 3 is 2.27 bits per heavy atom. The molecule has 0 amide bonds. The largest absolute Gasteiger partial charge is 0.351 e. The topological polar surface area (TPSA) is 32.7 Å². The van der Waals surface area contributed by atoms with Crippen LogP contribution in [0.25, 0.3) is 0 Å². The van der Waals surface area contributed by atoms with Crippen LogP contribution in [-0.4, -0.2) is 34.7 Å². The Morgan fingerprint density at radius 1 is 0.962 bits per heavy atom. The molecule has 4 heteroatoms. The molecule has 0 aromatic heterocycles. The summed E-state index contributed by atoms with van der Waals surface area (Å²) in [6.45, 7) is 4.09. The molecule has 0 atom stereocenters. The van der Waals surface area contributed by atoms with Crippen molar-refractivity contribution >= 4 is 28.4 Å². The Kier molecular flexibility index (Phi) is 6.89. The molecule has 2 aromatic rings. The third-order valence-electron chi connectivity index (χ3n) is 4.56. The molecule has 0 bridgehead atoms. The second kappa shape index (κ2) is 9.58. The van der Waals surface area contributed by atoms with Crippen molar-refractivity contribution in [3.8, 4) is 0 Å². The first kappa shape index (κ1) is 18.7. The van der Waals surface area contributed by atoms with Crippen LogP contribution in [0.4, 0.5) is 5.69 Å². The molecule has 0 radical (unpaired) electrons. The van der Waals surface area contributed by atoms with Crippen LogP contribution >= 0.6 is 11.8 Å². The lowest BCUT2D eigenvalue weighted by Crippen LogP contribution is -2.30. The van der Waals surface area contributed by atoms with E-state index < -0.39 is 0 Å². The second-order valence-electron chi connectivity index (χ2n) is 6.71. The molecule has 3 rings (SSSR count). The monoisotopic (exact) mass is 366 g/mol. The maximum Gasteiger partial charge on any atom is 0.173 e. The molecule has 0 N–H and O–H groups in total. The number of nitrogens with zero attached hydrogens (tertiary/aromatic N) is 2. The van der Waals surface area contributed by atoms with E-state index in [-0.39, 0.29) is 5.78 Å². The van der Waals surface area contributed by atoms with Crippen molar-refractivity contribution in [3.05, 3.63) is 65.7 Å². The summed E-state index contributed by atoms with van der Waals surface area (Å²) in [7, 11) is 0. The zero-order chi connectivity index (χ0) is 18.2. The van der Waals surface area contributed by atoms with Crippen molar-refractivity contribution in [1.82, 2.24) is 4.90 Å². The number of amidine groups is 1. The summed E-state index contributed by atoms with van der Waals surface area (Å²) in [5.74, 6) is 0.580. The van der Waals surface area contributed by atoms with Crippen LogP contribution in [0.2, 0.25) is 0 Å². The Bertz CT molecular complexity index is 732. The Labute approximate surface area is 160 Å². The number of likely N-dealkylation sites (tertiary alicyclic amines) is 1. The van der Waals surface area contributed by atoms with Gasteiger partial charge < -0.3 is 4.90 Å². The van der Waals surface area contributed by atoms with E-state index in [0.29, 0.717) is 5.75 Å². The van der Waals surface area contributed by atoms with Crippen LogP contribution in [0.15, 0.2) is 59.6 Å². The zero-order valence-electron chi connectivity index (χ0n) is 15.4. The molecule has 26 heavy (non-hydrogen) atoms. The normalized spacial score (nSPS) is 15.6. The SMILES string of the molecule is Cc1ccc(C(=O)CSC(=Nc2ccccc2)N2CCCCCC2)cc1. The number of hydrogen-bond acceptors (Lipinski definition) is 3. The van der Waals surface area contributed by atoms with Crippen molar-refractivity contribution in [2.75, 3.05) is 18.8 Å². The van der Waals surface area contributed by atoms with Crippen molar-refractivity contribution in [2.24, 2.45) is 4.99 Å².